The van der Waals surface area contributed by atoms with Gasteiger partial charge in [0.15, 0.2) is 0 Å². The minimum Gasteiger partial charge on any atom is -0.462 e. The van der Waals surface area contributed by atoms with Crippen LogP contribution in [0.5, 0.6) is 5.19 Å². The molecule has 2 atom stereocenters. The summed E-state index contributed by atoms with van der Waals surface area (Å²) in [6.07, 6.45) is 4.86. The van der Waals surface area contributed by atoms with Crippen LogP contribution < -0.4 is 15.0 Å². The zero-order valence-electron chi connectivity index (χ0n) is 17.0. The fraction of sp³-hybridized carbons (Fsp3) is 0.350. The zero-order valence-corrected chi connectivity index (χ0v) is 18.6. The number of halogens is 1. The first-order valence-electron chi connectivity index (χ1n) is 9.69. The van der Waals surface area contributed by atoms with Crippen LogP contribution in [0.2, 0.25) is 5.02 Å². The van der Waals surface area contributed by atoms with Crippen molar-refractivity contribution in [1.82, 2.24) is 20.2 Å². The minimum absolute atomic E-state index is 0.127. The van der Waals surface area contributed by atoms with Gasteiger partial charge in [0.2, 0.25) is 5.13 Å². The Hall–Kier alpha value is -2.82. The molecule has 0 spiro atoms. The van der Waals surface area contributed by atoms with Crippen molar-refractivity contribution < 1.29 is 14.3 Å². The van der Waals surface area contributed by atoms with Crippen molar-refractivity contribution in [2.75, 3.05) is 23.4 Å². The molecule has 1 amide bonds. The molecule has 1 aliphatic heterocycles. The van der Waals surface area contributed by atoms with E-state index in [2.05, 4.69) is 44.2 Å². The summed E-state index contributed by atoms with van der Waals surface area (Å²) in [4.78, 5) is 23.5. The van der Waals surface area contributed by atoms with Crippen molar-refractivity contribution >= 4 is 39.7 Å². The van der Waals surface area contributed by atoms with Gasteiger partial charge in [-0.2, -0.15) is 0 Å². The van der Waals surface area contributed by atoms with Crippen LogP contribution in [0.4, 0.5) is 10.8 Å². The third-order valence-electron chi connectivity index (χ3n) is 4.75. The minimum atomic E-state index is -0.287. The predicted octanol–water partition coefficient (Wildman–Crippen LogP) is 3.43. The number of aromatic nitrogens is 4. The second-order valence-corrected chi connectivity index (χ2v) is 8.50. The average molecular weight is 461 g/mol. The molecule has 0 unspecified atom stereocenters. The van der Waals surface area contributed by atoms with Gasteiger partial charge in [-0.15, -0.1) is 5.10 Å². The molecule has 1 saturated heterocycles. The van der Waals surface area contributed by atoms with E-state index >= 15 is 0 Å². The van der Waals surface area contributed by atoms with Gasteiger partial charge in [0.05, 0.1) is 53.5 Å². The number of anilines is 2. The summed E-state index contributed by atoms with van der Waals surface area (Å²) in [5.74, 6) is -0.287. The predicted molar refractivity (Wildman–Crippen MR) is 118 cm³/mol. The first-order valence-corrected chi connectivity index (χ1v) is 10.9. The molecule has 162 valence electrons. The lowest BCUT2D eigenvalue weighted by molar-refractivity contribution is 0.0754. The number of nitrogens with one attached hydrogen (secondary N) is 1. The maximum Gasteiger partial charge on any atom is 0.296 e. The van der Waals surface area contributed by atoms with Crippen LogP contribution in [-0.4, -0.2) is 51.4 Å². The summed E-state index contributed by atoms with van der Waals surface area (Å²) in [5.41, 5.74) is 1.98. The van der Waals surface area contributed by atoms with E-state index in [1.807, 2.05) is 0 Å². The molecular formula is C20H21ClN6O3S. The average Bonchev–Trinajstić information content (AvgIpc) is 3.21. The lowest BCUT2D eigenvalue weighted by atomic mass is 10.1. The summed E-state index contributed by atoms with van der Waals surface area (Å²) in [6.45, 7) is 5.54. The van der Waals surface area contributed by atoms with Crippen LogP contribution in [-0.2, 0) is 11.3 Å². The lowest BCUT2D eigenvalue weighted by Crippen LogP contribution is -2.50. The van der Waals surface area contributed by atoms with E-state index in [1.54, 1.807) is 36.8 Å². The molecule has 1 fully saturated rings. The van der Waals surface area contributed by atoms with E-state index in [9.17, 15) is 4.79 Å². The van der Waals surface area contributed by atoms with E-state index < -0.39 is 0 Å². The van der Waals surface area contributed by atoms with Crippen LogP contribution in [0.3, 0.4) is 0 Å². The molecule has 4 heterocycles. The molecule has 0 radical (unpaired) electrons. The van der Waals surface area contributed by atoms with Gasteiger partial charge in [0.1, 0.15) is 6.61 Å². The smallest absolute Gasteiger partial charge is 0.296 e. The highest BCUT2D eigenvalue weighted by Gasteiger charge is 2.29. The Kier molecular flexibility index (Phi) is 6.59. The quantitative estimate of drug-likeness (QED) is 0.596. The topological polar surface area (TPSA) is 102 Å². The van der Waals surface area contributed by atoms with Gasteiger partial charge in [-0.25, -0.2) is 0 Å². The van der Waals surface area contributed by atoms with E-state index in [1.165, 1.54) is 0 Å². The molecule has 3 aromatic rings. The number of rotatable bonds is 6. The zero-order chi connectivity index (χ0) is 21.8. The molecule has 31 heavy (non-hydrogen) atoms. The standard InChI is InChI=1S/C20H21ClN6O3S/c1-12-9-29-10-13(2)27(12)17-8-22-6-5-16(17)18(28)24-19-25-26-20(31-19)30-11-15-4-3-14(21)7-23-15/h3-8,12-13H,9-11H2,1-2H3,(H,24,25,28)/t12-,13-/m0/s1. The van der Waals surface area contributed by atoms with Crippen molar-refractivity contribution in [2.24, 2.45) is 0 Å². The van der Waals surface area contributed by atoms with Gasteiger partial charge >= 0.3 is 0 Å². The first kappa shape index (κ1) is 21.4. The number of ether oxygens (including phenoxy) is 2. The maximum absolute atomic E-state index is 13.0. The van der Waals surface area contributed by atoms with Crippen LogP contribution in [0.25, 0.3) is 0 Å². The van der Waals surface area contributed by atoms with Gasteiger partial charge in [0, 0.05) is 12.4 Å². The highest BCUT2D eigenvalue weighted by molar-refractivity contribution is 7.17. The Labute approximate surface area is 188 Å². The largest absolute Gasteiger partial charge is 0.462 e. The molecule has 3 aromatic heterocycles. The third-order valence-corrected chi connectivity index (χ3v) is 5.72. The van der Waals surface area contributed by atoms with Gasteiger partial charge in [-0.1, -0.05) is 16.7 Å². The number of morpholine rings is 1. The summed E-state index contributed by atoms with van der Waals surface area (Å²) in [6, 6.07) is 5.46. The second kappa shape index (κ2) is 9.54. The first-order chi connectivity index (χ1) is 15.0. The fourth-order valence-corrected chi connectivity index (χ4v) is 4.08. The van der Waals surface area contributed by atoms with Crippen molar-refractivity contribution in [3.63, 3.8) is 0 Å². The van der Waals surface area contributed by atoms with E-state index in [4.69, 9.17) is 21.1 Å². The SMILES string of the molecule is C[C@H]1COC[C@H](C)N1c1cnccc1C(=O)Nc1nnc(OCc2ccc(Cl)cn2)s1. The molecule has 0 aromatic carbocycles. The molecule has 11 heteroatoms. The number of hydrogen-bond donors (Lipinski definition) is 1. The Morgan fingerprint density at radius 1 is 1.26 bits per heavy atom. The summed E-state index contributed by atoms with van der Waals surface area (Å²) in [7, 11) is 0. The number of pyridine rings is 2. The van der Waals surface area contributed by atoms with E-state index in [0.717, 1.165) is 17.0 Å². The number of hydrogen-bond acceptors (Lipinski definition) is 9. The molecule has 1 N–H and O–H groups in total. The summed E-state index contributed by atoms with van der Waals surface area (Å²) in [5, 5.41) is 12.0. The van der Waals surface area contributed by atoms with Crippen molar-refractivity contribution in [1.29, 1.82) is 0 Å². The van der Waals surface area contributed by atoms with Gasteiger partial charge < -0.3 is 14.4 Å². The normalized spacial score (nSPS) is 18.6. The molecule has 1 aliphatic rings. The Morgan fingerprint density at radius 2 is 2.06 bits per heavy atom. The maximum atomic E-state index is 13.0. The van der Waals surface area contributed by atoms with Crippen molar-refractivity contribution in [3.05, 3.63) is 53.1 Å². The van der Waals surface area contributed by atoms with Crippen LogP contribution in [0, 0.1) is 0 Å². The molecule has 4 rings (SSSR count). The molecule has 0 bridgehead atoms. The van der Waals surface area contributed by atoms with Gasteiger partial charge in [-0.3, -0.25) is 20.1 Å². The molecule has 0 saturated carbocycles. The van der Waals surface area contributed by atoms with Crippen LogP contribution in [0.15, 0.2) is 36.8 Å². The Bertz CT molecular complexity index is 1040. The lowest BCUT2D eigenvalue weighted by Gasteiger charge is -2.41. The van der Waals surface area contributed by atoms with Gasteiger partial charge in [0.25, 0.3) is 11.1 Å². The number of carbonyl (C=O) groups is 1. The van der Waals surface area contributed by atoms with Crippen LogP contribution in [0.1, 0.15) is 29.9 Å². The molecule has 9 nitrogen and oxygen atoms in total. The second-order valence-electron chi connectivity index (χ2n) is 7.12. The highest BCUT2D eigenvalue weighted by atomic mass is 35.5. The fourth-order valence-electron chi connectivity index (χ4n) is 3.37. The van der Waals surface area contributed by atoms with E-state index in [-0.39, 0.29) is 24.6 Å². The Balaban J connectivity index is 1.44. The number of nitrogens with zero attached hydrogens (tertiary/aromatic N) is 5. The van der Waals surface area contributed by atoms with E-state index in [0.29, 0.717) is 39.8 Å². The number of carbonyl (C=O) groups excluding carboxylic acids is 1. The number of amides is 1. The molecular weight excluding hydrogens is 440 g/mol. The van der Waals surface area contributed by atoms with Crippen molar-refractivity contribution in [2.45, 2.75) is 32.5 Å². The summed E-state index contributed by atoms with van der Waals surface area (Å²) >= 11 is 6.97. The Morgan fingerprint density at radius 3 is 2.81 bits per heavy atom. The summed E-state index contributed by atoms with van der Waals surface area (Å²) < 4.78 is 11.2. The third kappa shape index (κ3) is 5.09. The highest BCUT2D eigenvalue weighted by Crippen LogP contribution is 2.28. The molecule has 0 aliphatic carbocycles. The van der Waals surface area contributed by atoms with Crippen LogP contribution >= 0.6 is 22.9 Å². The van der Waals surface area contributed by atoms with Crippen molar-refractivity contribution in [3.8, 4) is 5.19 Å². The monoisotopic (exact) mass is 460 g/mol. The van der Waals surface area contributed by atoms with Gasteiger partial charge in [-0.05, 0) is 43.4 Å².